The van der Waals surface area contributed by atoms with Crippen molar-refractivity contribution < 1.29 is 32.6 Å². The molecule has 0 spiro atoms. The third kappa shape index (κ3) is 9.23. The summed E-state index contributed by atoms with van der Waals surface area (Å²) in [7, 11) is 0. The summed E-state index contributed by atoms with van der Waals surface area (Å²) in [5.74, 6) is -1.24. The van der Waals surface area contributed by atoms with Gasteiger partial charge in [-0.15, -0.1) is 0 Å². The summed E-state index contributed by atoms with van der Waals surface area (Å²) >= 11 is 0. The molecule has 7 nitrogen and oxygen atoms in total. The average molecular weight is 358 g/mol. The molecule has 3 amide bonds. The first kappa shape index (κ1) is 20.3. The Kier molecular flexibility index (Phi) is 8.31. The molecule has 0 aliphatic carbocycles. The first-order chi connectivity index (χ1) is 11.8. The maximum absolute atomic E-state index is 12.0. The van der Waals surface area contributed by atoms with Crippen LogP contribution in [-0.2, 0) is 20.7 Å². The predicted molar refractivity (Wildman–Crippen MR) is 84.1 cm³/mol. The number of carbonyl (C=O) groups is 3. The Balaban J connectivity index is 2.32. The van der Waals surface area contributed by atoms with Crippen molar-refractivity contribution >= 4 is 17.9 Å². The summed E-state index contributed by atoms with van der Waals surface area (Å²) in [6.07, 6.45) is -0.151. The van der Waals surface area contributed by atoms with E-state index in [9.17, 15) is 23.2 Å². The molecular formula is C16H20F2N2O5. The van der Waals surface area contributed by atoms with E-state index in [0.29, 0.717) is 12.1 Å². The monoisotopic (exact) mass is 358 g/mol. The minimum Gasteiger partial charge on any atom is -0.455 e. The normalized spacial score (nSPS) is 10.5. The van der Waals surface area contributed by atoms with E-state index in [0.717, 1.165) is 0 Å². The van der Waals surface area contributed by atoms with Crippen molar-refractivity contribution in [3.63, 3.8) is 0 Å². The molecule has 0 unspecified atom stereocenters. The first-order valence-electron chi connectivity index (χ1n) is 7.53. The number of rotatable bonds is 8. The number of halogens is 2. The van der Waals surface area contributed by atoms with E-state index in [-0.39, 0.29) is 18.1 Å². The van der Waals surface area contributed by atoms with Crippen LogP contribution in [0.3, 0.4) is 0 Å². The number of amides is 3. The smallest absolute Gasteiger partial charge is 0.387 e. The summed E-state index contributed by atoms with van der Waals surface area (Å²) in [4.78, 5) is 34.4. The number of benzene rings is 1. The number of nitrogens with one attached hydrogen (secondary N) is 2. The van der Waals surface area contributed by atoms with Gasteiger partial charge in [0.15, 0.2) is 6.61 Å². The molecule has 0 radical (unpaired) electrons. The Morgan fingerprint density at radius 2 is 1.76 bits per heavy atom. The summed E-state index contributed by atoms with van der Waals surface area (Å²) in [6, 6.07) is 4.78. The highest BCUT2D eigenvalue weighted by Crippen LogP contribution is 2.15. The van der Waals surface area contributed by atoms with Gasteiger partial charge >= 0.3 is 18.6 Å². The molecule has 0 aromatic heterocycles. The summed E-state index contributed by atoms with van der Waals surface area (Å²) in [5, 5.41) is 4.51. The quantitative estimate of drug-likeness (QED) is 0.692. The van der Waals surface area contributed by atoms with Gasteiger partial charge in [-0.1, -0.05) is 26.0 Å². The van der Waals surface area contributed by atoms with E-state index in [2.05, 4.69) is 10.1 Å². The lowest BCUT2D eigenvalue weighted by Crippen LogP contribution is -2.42. The number of esters is 1. The number of hydrogen-bond donors (Lipinski definition) is 2. The van der Waals surface area contributed by atoms with Crippen LogP contribution in [0.25, 0.3) is 0 Å². The van der Waals surface area contributed by atoms with E-state index < -0.39 is 31.1 Å². The zero-order chi connectivity index (χ0) is 18.8. The maximum Gasteiger partial charge on any atom is 0.387 e. The maximum atomic E-state index is 12.0. The fourth-order valence-electron chi connectivity index (χ4n) is 1.66. The molecule has 2 N–H and O–H groups in total. The lowest BCUT2D eigenvalue weighted by atomic mass is 10.1. The molecule has 1 aromatic rings. The molecule has 0 bridgehead atoms. The van der Waals surface area contributed by atoms with E-state index in [1.165, 1.54) is 24.3 Å². The highest BCUT2D eigenvalue weighted by molar-refractivity contribution is 5.95. The molecular weight excluding hydrogens is 338 g/mol. The Morgan fingerprint density at radius 1 is 1.12 bits per heavy atom. The number of urea groups is 1. The predicted octanol–water partition coefficient (Wildman–Crippen LogP) is 1.86. The van der Waals surface area contributed by atoms with Crippen LogP contribution in [0.1, 0.15) is 19.4 Å². The van der Waals surface area contributed by atoms with Gasteiger partial charge in [0.05, 0.1) is 6.42 Å². The lowest BCUT2D eigenvalue weighted by molar-refractivity contribution is -0.147. The van der Waals surface area contributed by atoms with Crippen molar-refractivity contribution in [3.8, 4) is 5.75 Å². The van der Waals surface area contributed by atoms with Crippen molar-refractivity contribution in [1.29, 1.82) is 0 Å². The number of imide groups is 1. The van der Waals surface area contributed by atoms with Crippen molar-refractivity contribution in [2.45, 2.75) is 26.9 Å². The first-order valence-corrected chi connectivity index (χ1v) is 7.53. The van der Waals surface area contributed by atoms with Gasteiger partial charge in [-0.05, 0) is 23.6 Å². The Hall–Kier alpha value is -2.71. The third-order valence-electron chi connectivity index (χ3n) is 2.79. The summed E-state index contributed by atoms with van der Waals surface area (Å²) < 4.78 is 33.0. The second-order valence-electron chi connectivity index (χ2n) is 5.51. The fourth-order valence-corrected chi connectivity index (χ4v) is 1.66. The summed E-state index contributed by atoms with van der Waals surface area (Å²) in [6.45, 7) is 0.684. The number of alkyl halides is 2. The highest BCUT2D eigenvalue weighted by atomic mass is 19.3. The van der Waals surface area contributed by atoms with Crippen LogP contribution < -0.4 is 15.4 Å². The number of hydrogen-bond acceptors (Lipinski definition) is 5. The molecule has 1 rings (SSSR count). The zero-order valence-corrected chi connectivity index (χ0v) is 13.9. The van der Waals surface area contributed by atoms with E-state index >= 15 is 0 Å². The molecule has 0 aliphatic heterocycles. The van der Waals surface area contributed by atoms with Crippen LogP contribution in [0, 0.1) is 5.92 Å². The minimum absolute atomic E-state index is 0.0288. The van der Waals surface area contributed by atoms with Crippen LogP contribution in [0.2, 0.25) is 0 Å². The van der Waals surface area contributed by atoms with Crippen LogP contribution in [0.15, 0.2) is 24.3 Å². The van der Waals surface area contributed by atoms with Gasteiger partial charge < -0.3 is 14.8 Å². The van der Waals surface area contributed by atoms with Gasteiger partial charge in [0.25, 0.3) is 5.91 Å². The van der Waals surface area contributed by atoms with Crippen LogP contribution in [0.4, 0.5) is 13.6 Å². The zero-order valence-electron chi connectivity index (χ0n) is 13.9. The third-order valence-corrected chi connectivity index (χ3v) is 2.79. The summed E-state index contributed by atoms with van der Waals surface area (Å²) in [5.41, 5.74) is 0.502. The minimum atomic E-state index is -2.92. The van der Waals surface area contributed by atoms with Crippen LogP contribution in [-0.4, -0.2) is 37.7 Å². The molecule has 0 heterocycles. The van der Waals surface area contributed by atoms with Gasteiger partial charge in [0, 0.05) is 6.54 Å². The van der Waals surface area contributed by atoms with E-state index in [1.807, 2.05) is 19.2 Å². The number of carbonyl (C=O) groups excluding carboxylic acids is 3. The SMILES string of the molecule is CC(C)CNC(=O)NC(=O)COC(=O)Cc1ccc(OC(F)F)cc1. The Bertz CT molecular complexity index is 591. The van der Waals surface area contributed by atoms with E-state index in [1.54, 1.807) is 0 Å². The molecule has 0 fully saturated rings. The van der Waals surface area contributed by atoms with Crippen molar-refractivity contribution in [1.82, 2.24) is 10.6 Å². The van der Waals surface area contributed by atoms with Gasteiger partial charge in [0.2, 0.25) is 0 Å². The topological polar surface area (TPSA) is 93.7 Å². The largest absolute Gasteiger partial charge is 0.455 e. The van der Waals surface area contributed by atoms with Gasteiger partial charge in [-0.25, -0.2) is 4.79 Å². The second-order valence-corrected chi connectivity index (χ2v) is 5.51. The van der Waals surface area contributed by atoms with Crippen molar-refractivity contribution in [2.75, 3.05) is 13.2 Å². The van der Waals surface area contributed by atoms with Gasteiger partial charge in [0.1, 0.15) is 5.75 Å². The van der Waals surface area contributed by atoms with Crippen molar-refractivity contribution in [2.24, 2.45) is 5.92 Å². The van der Waals surface area contributed by atoms with E-state index in [4.69, 9.17) is 4.74 Å². The van der Waals surface area contributed by atoms with Crippen molar-refractivity contribution in [3.05, 3.63) is 29.8 Å². The number of ether oxygens (including phenoxy) is 2. The second kappa shape index (κ2) is 10.2. The standard InChI is InChI=1S/C16H20F2N2O5/c1-10(2)8-19-16(23)20-13(21)9-24-14(22)7-11-3-5-12(6-4-11)25-15(17)18/h3-6,10,15H,7-9H2,1-2H3,(H2,19,20,21,23). The molecule has 138 valence electrons. The average Bonchev–Trinajstić information content (AvgIpc) is 2.52. The molecule has 0 saturated heterocycles. The van der Waals surface area contributed by atoms with Gasteiger partial charge in [-0.3, -0.25) is 14.9 Å². The molecule has 9 heteroatoms. The Labute approximate surface area is 143 Å². The van der Waals surface area contributed by atoms with Crippen LogP contribution >= 0.6 is 0 Å². The molecule has 25 heavy (non-hydrogen) atoms. The molecule has 0 atom stereocenters. The molecule has 0 saturated carbocycles. The Morgan fingerprint density at radius 3 is 2.32 bits per heavy atom. The lowest BCUT2D eigenvalue weighted by Gasteiger charge is -2.09. The van der Waals surface area contributed by atoms with Crippen LogP contribution in [0.5, 0.6) is 5.75 Å². The fraction of sp³-hybridized carbons (Fsp3) is 0.438. The van der Waals surface area contributed by atoms with Gasteiger partial charge in [-0.2, -0.15) is 8.78 Å². The molecule has 1 aromatic carbocycles. The highest BCUT2D eigenvalue weighted by Gasteiger charge is 2.12. The molecule has 0 aliphatic rings.